The molecule has 0 aliphatic heterocycles. The fourth-order valence-corrected chi connectivity index (χ4v) is 0.903. The Kier molecular flexibility index (Phi) is 4.57. The molecule has 2 nitrogen and oxygen atoms in total. The average molecular weight is 162 g/mol. The number of methoxy groups -OCH3 is 1. The van der Waals surface area contributed by atoms with Crippen molar-refractivity contribution in [2.75, 3.05) is 7.11 Å². The number of rotatable bonds is 1. The summed E-state index contributed by atoms with van der Waals surface area (Å²) >= 11 is 0. The minimum atomic E-state index is 0. The maximum Gasteiger partial charge on any atom is 1.00 e. The molecule has 3 heteroatoms. The molecular weight excluding hydrogens is 151 g/mol. The van der Waals surface area contributed by atoms with Crippen molar-refractivity contribution < 1.29 is 40.8 Å². The molecule has 0 aliphatic rings. The van der Waals surface area contributed by atoms with Gasteiger partial charge in [-0.2, -0.15) is 0 Å². The summed E-state index contributed by atoms with van der Waals surface area (Å²) in [6.45, 7) is 1.89. The van der Waals surface area contributed by atoms with E-state index in [2.05, 4.69) is 0 Å². The molecule has 11 heavy (non-hydrogen) atoms. The Balaban J connectivity index is 0. The molecule has 0 radical (unpaired) electrons. The molecule has 1 N–H and O–H groups in total. The second-order valence-electron chi connectivity index (χ2n) is 2.13. The van der Waals surface area contributed by atoms with Crippen LogP contribution in [0, 0.1) is 6.92 Å². The van der Waals surface area contributed by atoms with Crippen molar-refractivity contribution in [3.05, 3.63) is 23.8 Å². The van der Waals surface area contributed by atoms with E-state index < -0.39 is 0 Å². The molecule has 0 saturated carbocycles. The van der Waals surface area contributed by atoms with Gasteiger partial charge in [0.25, 0.3) is 0 Å². The Hall–Kier alpha value is -0.180. The minimum Gasteiger partial charge on any atom is -1.00 e. The van der Waals surface area contributed by atoms with E-state index in [1.807, 2.05) is 13.0 Å². The number of para-hydroxylation sites is 1. The van der Waals surface area contributed by atoms with Crippen LogP contribution >= 0.6 is 0 Å². The number of benzene rings is 1. The van der Waals surface area contributed by atoms with Crippen LogP contribution in [0.15, 0.2) is 18.2 Å². The summed E-state index contributed by atoms with van der Waals surface area (Å²) in [5.41, 5.74) is 0.947. The molecule has 0 unspecified atom stereocenters. The van der Waals surface area contributed by atoms with Crippen LogP contribution in [0.3, 0.4) is 0 Å². The third-order valence-corrected chi connectivity index (χ3v) is 1.40. The summed E-state index contributed by atoms with van der Waals surface area (Å²) in [4.78, 5) is 0. The molecule has 0 atom stereocenters. The van der Waals surface area contributed by atoms with Crippen molar-refractivity contribution >= 4 is 0 Å². The van der Waals surface area contributed by atoms with E-state index in [0.29, 0.717) is 5.75 Å². The summed E-state index contributed by atoms with van der Waals surface area (Å²) in [7, 11) is 1.54. The third-order valence-electron chi connectivity index (χ3n) is 1.40. The number of aryl methyl sites for hydroxylation is 1. The molecule has 0 aliphatic carbocycles. The van der Waals surface area contributed by atoms with Crippen LogP contribution in [0.5, 0.6) is 11.5 Å². The fraction of sp³-hybridized carbons (Fsp3) is 0.250. The fourth-order valence-electron chi connectivity index (χ4n) is 0.903. The topological polar surface area (TPSA) is 29.5 Å². The molecule has 0 bridgehead atoms. The van der Waals surface area contributed by atoms with Gasteiger partial charge < -0.3 is 11.3 Å². The molecule has 0 aromatic heterocycles. The standard InChI is InChI=1S/C8H10O2.Na.H/c1-6-4-3-5-7(9)8(6)10-2;;/h3-5,9H,1-2H3;;/q;+1;-1. The molecule has 56 valence electrons. The number of hydrogen-bond acceptors (Lipinski definition) is 2. The van der Waals surface area contributed by atoms with E-state index >= 15 is 0 Å². The van der Waals surface area contributed by atoms with Crippen LogP contribution in [0.1, 0.15) is 6.99 Å². The number of aromatic hydroxyl groups is 1. The molecule has 0 fully saturated rings. The van der Waals surface area contributed by atoms with E-state index in [9.17, 15) is 0 Å². The number of hydrogen-bond donors (Lipinski definition) is 1. The summed E-state index contributed by atoms with van der Waals surface area (Å²) in [6.07, 6.45) is 0. The molecular formula is C8H11NaO2. The van der Waals surface area contributed by atoms with E-state index in [4.69, 9.17) is 9.84 Å². The van der Waals surface area contributed by atoms with Gasteiger partial charge in [-0.3, -0.25) is 0 Å². The first-order valence-electron chi connectivity index (χ1n) is 3.08. The van der Waals surface area contributed by atoms with Crippen molar-refractivity contribution in [1.82, 2.24) is 0 Å². The number of ether oxygens (including phenoxy) is 1. The van der Waals surface area contributed by atoms with Crippen LogP contribution in [-0.2, 0) is 0 Å². The zero-order chi connectivity index (χ0) is 7.56. The molecule has 0 saturated heterocycles. The Morgan fingerprint density at radius 3 is 2.45 bits per heavy atom. The van der Waals surface area contributed by atoms with Crippen LogP contribution in [0.25, 0.3) is 0 Å². The van der Waals surface area contributed by atoms with Crippen molar-refractivity contribution in [3.63, 3.8) is 0 Å². The first-order valence-corrected chi connectivity index (χ1v) is 3.08. The first kappa shape index (κ1) is 10.8. The van der Waals surface area contributed by atoms with Crippen LogP contribution < -0.4 is 34.3 Å². The second kappa shape index (κ2) is 4.65. The van der Waals surface area contributed by atoms with Gasteiger partial charge >= 0.3 is 29.6 Å². The van der Waals surface area contributed by atoms with Crippen molar-refractivity contribution in [2.24, 2.45) is 0 Å². The van der Waals surface area contributed by atoms with Crippen molar-refractivity contribution in [2.45, 2.75) is 6.92 Å². The Morgan fingerprint density at radius 1 is 1.45 bits per heavy atom. The van der Waals surface area contributed by atoms with Gasteiger partial charge in [0.05, 0.1) is 7.11 Å². The van der Waals surface area contributed by atoms with Gasteiger partial charge in [-0.1, -0.05) is 12.1 Å². The van der Waals surface area contributed by atoms with E-state index in [0.717, 1.165) is 5.56 Å². The molecule has 1 aromatic rings. The van der Waals surface area contributed by atoms with Gasteiger partial charge in [0, 0.05) is 0 Å². The zero-order valence-electron chi connectivity index (χ0n) is 8.09. The molecule has 1 rings (SSSR count). The summed E-state index contributed by atoms with van der Waals surface area (Å²) in [5.74, 6) is 0.755. The summed E-state index contributed by atoms with van der Waals surface area (Å²) in [5, 5.41) is 9.17. The zero-order valence-corrected chi connectivity index (χ0v) is 9.09. The smallest absolute Gasteiger partial charge is 1.00 e. The number of phenols is 1. The quantitative estimate of drug-likeness (QED) is 0.527. The van der Waals surface area contributed by atoms with Crippen LogP contribution in [-0.4, -0.2) is 12.2 Å². The van der Waals surface area contributed by atoms with Crippen molar-refractivity contribution in [1.29, 1.82) is 0 Å². The summed E-state index contributed by atoms with van der Waals surface area (Å²) < 4.78 is 4.93. The van der Waals surface area contributed by atoms with Crippen molar-refractivity contribution in [3.8, 4) is 11.5 Å². The first-order chi connectivity index (χ1) is 4.75. The molecule has 0 spiro atoms. The molecule has 1 aromatic carbocycles. The van der Waals surface area contributed by atoms with Gasteiger partial charge in [-0.15, -0.1) is 0 Å². The maximum atomic E-state index is 9.17. The van der Waals surface area contributed by atoms with Gasteiger partial charge in [0.2, 0.25) is 0 Å². The Labute approximate surface area is 90.0 Å². The van der Waals surface area contributed by atoms with Crippen LogP contribution in [0.2, 0.25) is 0 Å². The van der Waals surface area contributed by atoms with Crippen LogP contribution in [0.4, 0.5) is 0 Å². The van der Waals surface area contributed by atoms with Gasteiger partial charge in [-0.25, -0.2) is 0 Å². The minimum absolute atomic E-state index is 0. The van der Waals surface area contributed by atoms with Gasteiger partial charge in [0.15, 0.2) is 11.5 Å². The molecule has 0 heterocycles. The van der Waals surface area contributed by atoms with Gasteiger partial charge in [0.1, 0.15) is 0 Å². The van der Waals surface area contributed by atoms with E-state index in [-0.39, 0.29) is 36.7 Å². The monoisotopic (exact) mass is 162 g/mol. The average Bonchev–Trinajstić information content (AvgIpc) is 1.88. The van der Waals surface area contributed by atoms with E-state index in [1.165, 1.54) is 0 Å². The normalized spacial score (nSPS) is 8.55. The third kappa shape index (κ3) is 2.40. The predicted molar refractivity (Wildman–Crippen MR) is 40.5 cm³/mol. The van der Waals surface area contributed by atoms with E-state index in [1.54, 1.807) is 19.2 Å². The SMILES string of the molecule is COc1c(C)cccc1O.[H-].[Na+]. The molecule has 0 amide bonds. The number of phenolic OH excluding ortho intramolecular Hbond substituents is 1. The maximum absolute atomic E-state index is 9.17. The summed E-state index contributed by atoms with van der Waals surface area (Å²) in [6, 6.07) is 5.28. The Morgan fingerprint density at radius 2 is 2.09 bits per heavy atom. The largest absolute Gasteiger partial charge is 1.00 e. The second-order valence-corrected chi connectivity index (χ2v) is 2.13. The van der Waals surface area contributed by atoms with Gasteiger partial charge in [-0.05, 0) is 18.6 Å². The predicted octanol–water partition coefficient (Wildman–Crippen LogP) is -1.17. The Bertz CT molecular complexity index is 220.